The van der Waals surface area contributed by atoms with E-state index in [1.165, 1.54) is 16.5 Å². The lowest BCUT2D eigenvalue weighted by Gasteiger charge is -2.00. The quantitative estimate of drug-likeness (QED) is 0.626. The highest BCUT2D eigenvalue weighted by Gasteiger charge is 2.05. The average molecular weight is 192 g/mol. The van der Waals surface area contributed by atoms with Gasteiger partial charge in [0.15, 0.2) is 0 Å². The van der Waals surface area contributed by atoms with Gasteiger partial charge >= 0.3 is 0 Å². The van der Waals surface area contributed by atoms with E-state index in [1.807, 2.05) is 12.3 Å². The van der Waals surface area contributed by atoms with E-state index >= 15 is 0 Å². The fraction of sp³-hybridized carbons (Fsp3) is 0.200. The molecule has 0 bridgehead atoms. The second-order valence-electron chi connectivity index (χ2n) is 3.02. The highest BCUT2D eigenvalue weighted by molar-refractivity contribution is 7.79. The van der Waals surface area contributed by atoms with Crippen molar-refractivity contribution in [2.75, 3.05) is 0 Å². The third-order valence-corrected chi connectivity index (χ3v) is 2.60. The number of nitrogens with one attached hydrogen (secondary N) is 1. The predicted molar refractivity (Wildman–Crippen MR) is 58.9 cm³/mol. The first kappa shape index (κ1) is 8.66. The molecule has 0 fully saturated rings. The summed E-state index contributed by atoms with van der Waals surface area (Å²) in [5.74, 6) is 0.747. The minimum absolute atomic E-state index is 0.579. The van der Waals surface area contributed by atoms with Crippen molar-refractivity contribution < 1.29 is 0 Å². The number of fused-ring (bicyclic) bond motifs is 1. The molecule has 0 amide bonds. The fourth-order valence-corrected chi connectivity index (χ4v) is 1.88. The van der Waals surface area contributed by atoms with Crippen LogP contribution in [0, 0.1) is 0 Å². The maximum atomic E-state index is 5.66. The van der Waals surface area contributed by atoms with Gasteiger partial charge in [-0.2, -0.15) is 12.6 Å². The molecule has 13 heavy (non-hydrogen) atoms. The third-order valence-electron chi connectivity index (χ3n) is 2.26. The van der Waals surface area contributed by atoms with Crippen molar-refractivity contribution in [3.05, 3.63) is 35.5 Å². The molecule has 0 saturated carbocycles. The first-order chi connectivity index (χ1) is 6.36. The Bertz CT molecular complexity index is 420. The van der Waals surface area contributed by atoms with Crippen LogP contribution >= 0.6 is 12.6 Å². The Morgan fingerprint density at radius 1 is 1.31 bits per heavy atom. The van der Waals surface area contributed by atoms with Crippen molar-refractivity contribution >= 4 is 23.5 Å². The highest BCUT2D eigenvalue weighted by atomic mass is 32.1. The highest BCUT2D eigenvalue weighted by Crippen LogP contribution is 2.23. The molecule has 0 unspecified atom stereocenters. The van der Waals surface area contributed by atoms with E-state index in [4.69, 9.17) is 5.73 Å². The van der Waals surface area contributed by atoms with Crippen LogP contribution in [0.3, 0.4) is 0 Å². The first-order valence-electron chi connectivity index (χ1n) is 4.25. The van der Waals surface area contributed by atoms with Gasteiger partial charge in [0.2, 0.25) is 0 Å². The Kier molecular flexibility index (Phi) is 2.29. The third kappa shape index (κ3) is 1.34. The second-order valence-corrected chi connectivity index (χ2v) is 3.33. The molecule has 1 aromatic carbocycles. The van der Waals surface area contributed by atoms with Crippen molar-refractivity contribution in [2.45, 2.75) is 12.3 Å². The maximum Gasteiger partial charge on any atom is 0.0460 e. The molecular weight excluding hydrogens is 180 g/mol. The summed E-state index contributed by atoms with van der Waals surface area (Å²) in [6.45, 7) is 0.579. The fourth-order valence-electron chi connectivity index (χ4n) is 1.63. The summed E-state index contributed by atoms with van der Waals surface area (Å²) in [6.07, 6.45) is 2.00. The van der Waals surface area contributed by atoms with E-state index in [0.29, 0.717) is 6.54 Å². The molecule has 1 aromatic heterocycles. The second kappa shape index (κ2) is 3.44. The Labute approximate surface area is 82.5 Å². The summed E-state index contributed by atoms with van der Waals surface area (Å²) < 4.78 is 0. The van der Waals surface area contributed by atoms with Gasteiger partial charge in [0.05, 0.1) is 0 Å². The number of hydrogen-bond acceptors (Lipinski definition) is 2. The van der Waals surface area contributed by atoms with E-state index in [9.17, 15) is 0 Å². The lowest BCUT2D eigenvalue weighted by Crippen LogP contribution is -1.97. The topological polar surface area (TPSA) is 41.8 Å². The SMILES string of the molecule is NCc1cccc2[nH]cc(CS)c12. The predicted octanol–water partition coefficient (Wildman–Crippen LogP) is 2.06. The molecule has 2 nitrogen and oxygen atoms in total. The van der Waals surface area contributed by atoms with Crippen molar-refractivity contribution in [1.82, 2.24) is 4.98 Å². The summed E-state index contributed by atoms with van der Waals surface area (Å²) in [4.78, 5) is 3.21. The van der Waals surface area contributed by atoms with Gasteiger partial charge in [-0.3, -0.25) is 0 Å². The molecule has 0 aliphatic carbocycles. The molecule has 2 aromatic rings. The van der Waals surface area contributed by atoms with Gasteiger partial charge in [0.25, 0.3) is 0 Å². The number of H-pyrrole nitrogens is 1. The van der Waals surface area contributed by atoms with Crippen LogP contribution in [0.1, 0.15) is 11.1 Å². The van der Waals surface area contributed by atoms with Gasteiger partial charge in [-0.15, -0.1) is 0 Å². The smallest absolute Gasteiger partial charge is 0.0460 e. The Balaban J connectivity index is 2.76. The molecule has 2 rings (SSSR count). The van der Waals surface area contributed by atoms with E-state index in [0.717, 1.165) is 11.3 Å². The van der Waals surface area contributed by atoms with E-state index < -0.39 is 0 Å². The normalized spacial score (nSPS) is 10.9. The summed E-state index contributed by atoms with van der Waals surface area (Å²) in [6, 6.07) is 6.13. The lowest BCUT2D eigenvalue weighted by molar-refractivity contribution is 1.08. The number of rotatable bonds is 2. The van der Waals surface area contributed by atoms with Gasteiger partial charge in [-0.05, 0) is 17.2 Å². The van der Waals surface area contributed by atoms with Crippen LogP contribution in [0.2, 0.25) is 0 Å². The molecule has 3 heteroatoms. The van der Waals surface area contributed by atoms with Crippen LogP contribution in [0.25, 0.3) is 10.9 Å². The average Bonchev–Trinajstić information content (AvgIpc) is 2.60. The van der Waals surface area contributed by atoms with Crippen LogP contribution in [0.5, 0.6) is 0 Å². The molecule has 0 saturated heterocycles. The summed E-state index contributed by atoms with van der Waals surface area (Å²) in [7, 11) is 0. The molecule has 0 radical (unpaired) electrons. The van der Waals surface area contributed by atoms with E-state index in [2.05, 4.69) is 29.7 Å². The van der Waals surface area contributed by atoms with Crippen molar-refractivity contribution in [3.63, 3.8) is 0 Å². The maximum absolute atomic E-state index is 5.66. The van der Waals surface area contributed by atoms with Crippen molar-refractivity contribution in [2.24, 2.45) is 5.73 Å². The zero-order valence-electron chi connectivity index (χ0n) is 7.25. The molecule has 3 N–H and O–H groups in total. The summed E-state index contributed by atoms with van der Waals surface area (Å²) >= 11 is 4.28. The number of aromatic amines is 1. The van der Waals surface area contributed by atoms with Crippen LogP contribution in [0.4, 0.5) is 0 Å². The van der Waals surface area contributed by atoms with Crippen molar-refractivity contribution in [3.8, 4) is 0 Å². The van der Waals surface area contributed by atoms with Gasteiger partial charge < -0.3 is 10.7 Å². The number of nitrogens with two attached hydrogens (primary N) is 1. The zero-order valence-corrected chi connectivity index (χ0v) is 8.14. The largest absolute Gasteiger partial charge is 0.361 e. The van der Waals surface area contributed by atoms with E-state index in [-0.39, 0.29) is 0 Å². The van der Waals surface area contributed by atoms with Crippen LogP contribution in [-0.2, 0) is 12.3 Å². The monoisotopic (exact) mass is 192 g/mol. The van der Waals surface area contributed by atoms with Crippen molar-refractivity contribution in [1.29, 1.82) is 0 Å². The van der Waals surface area contributed by atoms with Gasteiger partial charge in [0.1, 0.15) is 0 Å². The van der Waals surface area contributed by atoms with Crippen LogP contribution in [-0.4, -0.2) is 4.98 Å². The van der Waals surface area contributed by atoms with E-state index in [1.54, 1.807) is 0 Å². The summed E-state index contributed by atoms with van der Waals surface area (Å²) in [5, 5.41) is 1.24. The number of thiol groups is 1. The first-order valence-corrected chi connectivity index (χ1v) is 4.89. The molecule has 0 aliphatic rings. The molecule has 0 atom stereocenters. The van der Waals surface area contributed by atoms with Gasteiger partial charge in [-0.1, -0.05) is 12.1 Å². The molecule has 0 aliphatic heterocycles. The van der Waals surface area contributed by atoms with Gasteiger partial charge in [-0.25, -0.2) is 0 Å². The number of hydrogen-bond donors (Lipinski definition) is 3. The van der Waals surface area contributed by atoms with Crippen LogP contribution < -0.4 is 5.73 Å². The molecule has 0 spiro atoms. The summed E-state index contributed by atoms with van der Waals surface area (Å²) in [5.41, 5.74) is 9.21. The number of benzene rings is 1. The lowest BCUT2D eigenvalue weighted by atomic mass is 10.1. The Morgan fingerprint density at radius 2 is 2.15 bits per heavy atom. The Morgan fingerprint density at radius 3 is 2.85 bits per heavy atom. The van der Waals surface area contributed by atoms with Crippen LogP contribution in [0.15, 0.2) is 24.4 Å². The van der Waals surface area contributed by atoms with Gasteiger partial charge in [0, 0.05) is 29.4 Å². The minimum Gasteiger partial charge on any atom is -0.361 e. The molecule has 1 heterocycles. The zero-order chi connectivity index (χ0) is 9.26. The minimum atomic E-state index is 0.579. The standard InChI is InChI=1S/C10H12N2S/c11-4-7-2-1-3-9-10(7)8(6-13)5-12-9/h1-3,5,12-13H,4,6,11H2. The Hall–Kier alpha value is -0.930. The molecule has 68 valence electrons. The molecular formula is C10H12N2S. The number of aromatic nitrogens is 1.